The zero-order valence-corrected chi connectivity index (χ0v) is 12.1. The Bertz CT molecular complexity index is 662. The third-order valence-corrected chi connectivity index (χ3v) is 3.63. The van der Waals surface area contributed by atoms with Crippen molar-refractivity contribution in [1.82, 2.24) is 5.06 Å². The molecule has 0 radical (unpaired) electrons. The molecule has 5 heteroatoms. The van der Waals surface area contributed by atoms with Crippen molar-refractivity contribution in [2.24, 2.45) is 0 Å². The van der Waals surface area contributed by atoms with Gasteiger partial charge in [0.1, 0.15) is 12.1 Å². The first kappa shape index (κ1) is 14.4. The van der Waals surface area contributed by atoms with Gasteiger partial charge in [-0.1, -0.05) is 42.5 Å². The number of ether oxygens (including phenoxy) is 1. The monoisotopic (exact) mass is 301 g/mol. The Morgan fingerprint density at radius 3 is 2.55 bits per heavy atom. The molecule has 2 atom stereocenters. The van der Waals surface area contributed by atoms with Gasteiger partial charge in [0, 0.05) is 6.42 Å². The van der Waals surface area contributed by atoms with Crippen LogP contribution in [0.4, 0.5) is 9.18 Å². The number of nitrogens with zero attached hydrogens (tertiary/aromatic N) is 1. The minimum absolute atomic E-state index is 0.00612. The standard InChI is InChI=1S/C17H16FNO3/c1-12-15(11-13-7-3-2-4-8-13)19(17(20)21-12)22-16-10-6-5-9-14(16)18/h2-10,12,15H,11H2,1H3. The zero-order chi connectivity index (χ0) is 15.5. The quantitative estimate of drug-likeness (QED) is 0.866. The van der Waals surface area contributed by atoms with Crippen molar-refractivity contribution >= 4 is 6.09 Å². The average molecular weight is 301 g/mol. The molecule has 114 valence electrons. The number of rotatable bonds is 4. The van der Waals surface area contributed by atoms with Crippen molar-refractivity contribution in [1.29, 1.82) is 0 Å². The lowest BCUT2D eigenvalue weighted by Crippen LogP contribution is -2.40. The maximum absolute atomic E-state index is 13.7. The molecule has 2 aromatic carbocycles. The van der Waals surface area contributed by atoms with Crippen LogP contribution in [0.15, 0.2) is 54.6 Å². The summed E-state index contributed by atoms with van der Waals surface area (Å²) >= 11 is 0. The van der Waals surface area contributed by atoms with Crippen LogP contribution in [0.25, 0.3) is 0 Å². The number of hydrogen-bond donors (Lipinski definition) is 0. The summed E-state index contributed by atoms with van der Waals surface area (Å²) in [5, 5.41) is 1.12. The van der Waals surface area contributed by atoms with E-state index < -0.39 is 11.9 Å². The second-order valence-corrected chi connectivity index (χ2v) is 5.19. The molecule has 4 nitrogen and oxygen atoms in total. The number of carbonyl (C=O) groups is 1. The van der Waals surface area contributed by atoms with E-state index in [1.54, 1.807) is 19.1 Å². The summed E-state index contributed by atoms with van der Waals surface area (Å²) in [7, 11) is 0. The van der Waals surface area contributed by atoms with Crippen LogP contribution in [0.2, 0.25) is 0 Å². The molecule has 0 N–H and O–H groups in total. The number of benzene rings is 2. The van der Waals surface area contributed by atoms with E-state index >= 15 is 0 Å². The Morgan fingerprint density at radius 1 is 1.14 bits per heavy atom. The lowest BCUT2D eigenvalue weighted by molar-refractivity contribution is -0.0355. The third kappa shape index (κ3) is 2.88. The molecule has 2 unspecified atom stereocenters. The van der Waals surface area contributed by atoms with Gasteiger partial charge < -0.3 is 9.57 Å². The van der Waals surface area contributed by atoms with Gasteiger partial charge in [0.15, 0.2) is 11.6 Å². The fourth-order valence-electron chi connectivity index (χ4n) is 2.45. The van der Waals surface area contributed by atoms with Gasteiger partial charge >= 0.3 is 6.09 Å². The summed E-state index contributed by atoms with van der Waals surface area (Å²) < 4.78 is 18.9. The van der Waals surface area contributed by atoms with Crippen molar-refractivity contribution in [3.8, 4) is 5.75 Å². The second-order valence-electron chi connectivity index (χ2n) is 5.19. The van der Waals surface area contributed by atoms with E-state index in [1.165, 1.54) is 12.1 Å². The Kier molecular flexibility index (Phi) is 3.96. The lowest BCUT2D eigenvalue weighted by atomic mass is 10.0. The molecule has 2 aromatic rings. The van der Waals surface area contributed by atoms with Crippen LogP contribution in [0.5, 0.6) is 5.75 Å². The van der Waals surface area contributed by atoms with Gasteiger partial charge in [-0.15, -0.1) is 5.06 Å². The maximum Gasteiger partial charge on any atom is 0.443 e. The largest absolute Gasteiger partial charge is 0.443 e. The van der Waals surface area contributed by atoms with E-state index in [4.69, 9.17) is 9.57 Å². The van der Waals surface area contributed by atoms with E-state index in [2.05, 4.69) is 0 Å². The highest BCUT2D eigenvalue weighted by Gasteiger charge is 2.41. The Balaban J connectivity index is 1.81. The topological polar surface area (TPSA) is 38.8 Å². The number of carbonyl (C=O) groups excluding carboxylic acids is 1. The SMILES string of the molecule is CC1OC(=O)N(Oc2ccccc2F)C1Cc1ccccc1. The van der Waals surface area contributed by atoms with Crippen LogP contribution in [0.3, 0.4) is 0 Å². The molecule has 0 spiro atoms. The summed E-state index contributed by atoms with van der Waals surface area (Å²) in [5.41, 5.74) is 1.06. The molecule has 1 heterocycles. The van der Waals surface area contributed by atoms with E-state index in [9.17, 15) is 9.18 Å². The molecule has 0 saturated carbocycles. The molecular formula is C17H16FNO3. The van der Waals surface area contributed by atoms with Gasteiger partial charge in [-0.25, -0.2) is 9.18 Å². The van der Waals surface area contributed by atoms with Gasteiger partial charge in [-0.3, -0.25) is 0 Å². The molecule has 22 heavy (non-hydrogen) atoms. The van der Waals surface area contributed by atoms with Crippen molar-refractivity contribution in [3.05, 3.63) is 66.0 Å². The number of hydroxylamine groups is 2. The predicted octanol–water partition coefficient (Wildman–Crippen LogP) is 3.57. The lowest BCUT2D eigenvalue weighted by Gasteiger charge is -2.23. The van der Waals surface area contributed by atoms with Crippen molar-refractivity contribution in [3.63, 3.8) is 0 Å². The second kappa shape index (κ2) is 6.05. The molecule has 1 aliphatic heterocycles. The molecule has 1 saturated heterocycles. The molecule has 1 fully saturated rings. The first-order valence-electron chi connectivity index (χ1n) is 7.11. The van der Waals surface area contributed by atoms with Gasteiger partial charge in [0.05, 0.1) is 0 Å². The van der Waals surface area contributed by atoms with Gasteiger partial charge in [0.25, 0.3) is 0 Å². The van der Waals surface area contributed by atoms with E-state index in [0.29, 0.717) is 6.42 Å². The highest BCUT2D eigenvalue weighted by atomic mass is 19.1. The molecule has 0 aromatic heterocycles. The molecule has 0 bridgehead atoms. The number of halogens is 1. The van der Waals surface area contributed by atoms with Gasteiger partial charge in [-0.05, 0) is 24.6 Å². The van der Waals surface area contributed by atoms with Crippen LogP contribution < -0.4 is 4.84 Å². The van der Waals surface area contributed by atoms with Gasteiger partial charge in [-0.2, -0.15) is 0 Å². The Morgan fingerprint density at radius 2 is 1.82 bits per heavy atom. The van der Waals surface area contributed by atoms with Crippen LogP contribution in [0, 0.1) is 5.82 Å². The highest BCUT2D eigenvalue weighted by Crippen LogP contribution is 2.26. The zero-order valence-electron chi connectivity index (χ0n) is 12.1. The summed E-state index contributed by atoms with van der Waals surface area (Å²) in [5.74, 6) is -0.514. The average Bonchev–Trinajstić information content (AvgIpc) is 2.77. The summed E-state index contributed by atoms with van der Waals surface area (Å²) in [4.78, 5) is 17.4. The predicted molar refractivity (Wildman–Crippen MR) is 78.7 cm³/mol. The van der Waals surface area contributed by atoms with Crippen LogP contribution in [-0.2, 0) is 11.2 Å². The maximum atomic E-state index is 13.7. The van der Waals surface area contributed by atoms with E-state index in [-0.39, 0.29) is 17.9 Å². The number of hydrogen-bond acceptors (Lipinski definition) is 3. The molecule has 1 amide bonds. The Hall–Kier alpha value is -2.56. The Labute approximate surface area is 128 Å². The number of cyclic esters (lactones) is 1. The summed E-state index contributed by atoms with van der Waals surface area (Å²) in [6.45, 7) is 1.80. The van der Waals surface area contributed by atoms with Crippen LogP contribution in [-0.4, -0.2) is 23.3 Å². The first-order valence-corrected chi connectivity index (χ1v) is 7.11. The van der Waals surface area contributed by atoms with Crippen molar-refractivity contribution < 1.29 is 18.8 Å². The van der Waals surface area contributed by atoms with Crippen LogP contribution >= 0.6 is 0 Å². The fourth-order valence-corrected chi connectivity index (χ4v) is 2.45. The van der Waals surface area contributed by atoms with E-state index in [1.807, 2.05) is 30.3 Å². The minimum Gasteiger partial charge on any atom is -0.442 e. The van der Waals surface area contributed by atoms with Gasteiger partial charge in [0.2, 0.25) is 0 Å². The van der Waals surface area contributed by atoms with Crippen molar-refractivity contribution in [2.75, 3.05) is 0 Å². The number of para-hydroxylation sites is 1. The molecule has 3 rings (SSSR count). The smallest absolute Gasteiger partial charge is 0.442 e. The highest BCUT2D eigenvalue weighted by molar-refractivity contribution is 5.69. The third-order valence-electron chi connectivity index (χ3n) is 3.63. The van der Waals surface area contributed by atoms with Crippen LogP contribution in [0.1, 0.15) is 12.5 Å². The molecule has 0 aliphatic carbocycles. The minimum atomic E-state index is -0.600. The first-order chi connectivity index (χ1) is 10.6. The molecule has 1 aliphatic rings. The number of amides is 1. The normalized spacial score (nSPS) is 20.8. The van der Waals surface area contributed by atoms with E-state index in [0.717, 1.165) is 10.6 Å². The summed E-state index contributed by atoms with van der Waals surface area (Å²) in [6, 6.07) is 15.4. The fraction of sp³-hybridized carbons (Fsp3) is 0.235. The van der Waals surface area contributed by atoms with Crippen molar-refractivity contribution in [2.45, 2.75) is 25.5 Å². The molecular weight excluding hydrogens is 285 g/mol. The summed E-state index contributed by atoms with van der Waals surface area (Å²) in [6.07, 6.45) is -0.362.